The van der Waals surface area contributed by atoms with Gasteiger partial charge in [0.15, 0.2) is 0 Å². The Morgan fingerprint density at radius 2 is 1.54 bits per heavy atom. The molecule has 134 valence electrons. The van der Waals surface area contributed by atoms with Crippen molar-refractivity contribution in [2.24, 2.45) is 0 Å². The molecule has 1 aliphatic rings. The van der Waals surface area contributed by atoms with Gasteiger partial charge in [-0.15, -0.1) is 0 Å². The van der Waals surface area contributed by atoms with Crippen molar-refractivity contribution < 1.29 is 9.15 Å². The predicted octanol–water partition coefficient (Wildman–Crippen LogP) is 4.75. The highest BCUT2D eigenvalue weighted by Crippen LogP contribution is 2.34. The maximum absolute atomic E-state index is 6.34. The van der Waals surface area contributed by atoms with E-state index in [0.29, 0.717) is 6.04 Å². The van der Waals surface area contributed by atoms with Crippen LogP contribution in [0.5, 0.6) is 0 Å². The second-order valence-corrected chi connectivity index (χ2v) is 6.91. The average Bonchev–Trinajstić information content (AvgIpc) is 3.23. The molecule has 1 N–H and O–H groups in total. The lowest BCUT2D eigenvalue weighted by atomic mass is 9.83. The summed E-state index contributed by atoms with van der Waals surface area (Å²) in [7, 11) is 0. The molecule has 1 fully saturated rings. The van der Waals surface area contributed by atoms with Gasteiger partial charge < -0.3 is 14.5 Å². The van der Waals surface area contributed by atoms with Gasteiger partial charge in [0.1, 0.15) is 5.76 Å². The quantitative estimate of drug-likeness (QED) is 0.699. The van der Waals surface area contributed by atoms with E-state index in [1.54, 1.807) is 6.26 Å². The first kappa shape index (κ1) is 17.1. The first-order chi connectivity index (χ1) is 12.9. The molecule has 1 aromatic heterocycles. The van der Waals surface area contributed by atoms with Crippen LogP contribution in [0.3, 0.4) is 0 Å². The van der Waals surface area contributed by atoms with E-state index in [4.69, 9.17) is 9.15 Å². The Hall–Kier alpha value is -2.36. The summed E-state index contributed by atoms with van der Waals surface area (Å²) in [6, 6.07) is 25.7. The summed E-state index contributed by atoms with van der Waals surface area (Å²) in [5.41, 5.74) is 2.65. The summed E-state index contributed by atoms with van der Waals surface area (Å²) >= 11 is 0. The highest BCUT2D eigenvalue weighted by Gasteiger charge is 2.30. The SMILES string of the molecule is c1ccc(C(c2ccccc2)[C@@H]2CC[C@H](NCc3ccco3)CO2)cc1. The van der Waals surface area contributed by atoms with Crippen LogP contribution in [0.2, 0.25) is 0 Å². The van der Waals surface area contributed by atoms with E-state index in [1.165, 1.54) is 11.1 Å². The van der Waals surface area contributed by atoms with Crippen molar-refractivity contribution in [2.45, 2.75) is 37.5 Å². The summed E-state index contributed by atoms with van der Waals surface area (Å²) in [4.78, 5) is 0. The van der Waals surface area contributed by atoms with E-state index < -0.39 is 0 Å². The molecule has 0 amide bonds. The fourth-order valence-corrected chi connectivity index (χ4v) is 3.80. The summed E-state index contributed by atoms with van der Waals surface area (Å²) in [6.45, 7) is 1.49. The smallest absolute Gasteiger partial charge is 0.117 e. The highest BCUT2D eigenvalue weighted by atomic mass is 16.5. The minimum Gasteiger partial charge on any atom is -0.468 e. The average molecular weight is 347 g/mol. The van der Waals surface area contributed by atoms with Crippen LogP contribution in [-0.4, -0.2) is 18.8 Å². The maximum atomic E-state index is 6.34. The van der Waals surface area contributed by atoms with Gasteiger partial charge in [-0.3, -0.25) is 0 Å². The molecule has 26 heavy (non-hydrogen) atoms. The van der Waals surface area contributed by atoms with Crippen LogP contribution in [0.25, 0.3) is 0 Å². The monoisotopic (exact) mass is 347 g/mol. The molecule has 0 aliphatic carbocycles. The minimum atomic E-state index is 0.210. The maximum Gasteiger partial charge on any atom is 0.117 e. The molecular weight excluding hydrogens is 322 g/mol. The number of ether oxygens (including phenoxy) is 1. The summed E-state index contributed by atoms with van der Waals surface area (Å²) in [5.74, 6) is 1.25. The van der Waals surface area contributed by atoms with Gasteiger partial charge in [0.2, 0.25) is 0 Å². The Balaban J connectivity index is 1.43. The van der Waals surface area contributed by atoms with Gasteiger partial charge in [-0.1, -0.05) is 60.7 Å². The van der Waals surface area contributed by atoms with Crippen LogP contribution in [0, 0.1) is 0 Å². The normalized spacial score (nSPS) is 20.3. The second kappa shape index (κ2) is 8.35. The van der Waals surface area contributed by atoms with E-state index in [2.05, 4.69) is 66.0 Å². The summed E-state index contributed by atoms with van der Waals surface area (Å²) in [5, 5.41) is 3.54. The molecule has 0 radical (unpaired) electrons. The third-order valence-electron chi connectivity index (χ3n) is 5.15. The molecule has 0 unspecified atom stereocenters. The topological polar surface area (TPSA) is 34.4 Å². The standard InChI is InChI=1S/C23H25NO2/c1-3-8-18(9-4-1)23(19-10-5-2-6-11-19)22-14-13-20(17-26-22)24-16-21-12-7-15-25-21/h1-12,15,20,22-24H,13-14,16-17H2/t20-,22-/m0/s1. The fourth-order valence-electron chi connectivity index (χ4n) is 3.80. The van der Waals surface area contributed by atoms with E-state index >= 15 is 0 Å². The van der Waals surface area contributed by atoms with E-state index in [0.717, 1.165) is 31.8 Å². The zero-order valence-corrected chi connectivity index (χ0v) is 14.9. The molecule has 3 aromatic rings. The summed E-state index contributed by atoms with van der Waals surface area (Å²) in [6.07, 6.45) is 4.09. The molecule has 4 rings (SSSR count). The van der Waals surface area contributed by atoms with Crippen molar-refractivity contribution in [1.29, 1.82) is 0 Å². The van der Waals surface area contributed by atoms with Gasteiger partial charge in [0.05, 0.1) is 25.5 Å². The first-order valence-electron chi connectivity index (χ1n) is 9.37. The number of hydrogen-bond donors (Lipinski definition) is 1. The molecule has 3 nitrogen and oxygen atoms in total. The molecule has 0 saturated carbocycles. The first-order valence-corrected chi connectivity index (χ1v) is 9.37. The van der Waals surface area contributed by atoms with Crippen LogP contribution >= 0.6 is 0 Å². The van der Waals surface area contributed by atoms with Crippen LogP contribution in [0.1, 0.15) is 35.6 Å². The zero-order valence-electron chi connectivity index (χ0n) is 14.9. The fraction of sp³-hybridized carbons (Fsp3) is 0.304. The van der Waals surface area contributed by atoms with Crippen molar-refractivity contribution >= 4 is 0 Å². The van der Waals surface area contributed by atoms with Gasteiger partial charge in [-0.2, -0.15) is 0 Å². The third kappa shape index (κ3) is 4.06. The van der Waals surface area contributed by atoms with Gasteiger partial charge in [0, 0.05) is 12.0 Å². The van der Waals surface area contributed by atoms with Gasteiger partial charge in [0.25, 0.3) is 0 Å². The summed E-state index contributed by atoms with van der Waals surface area (Å²) < 4.78 is 11.7. The molecule has 0 spiro atoms. The van der Waals surface area contributed by atoms with Crippen LogP contribution < -0.4 is 5.32 Å². The Bertz CT molecular complexity index is 723. The molecule has 3 heteroatoms. The van der Waals surface area contributed by atoms with Crippen molar-refractivity contribution in [1.82, 2.24) is 5.32 Å². The molecule has 0 bridgehead atoms. The molecular formula is C23H25NO2. The van der Waals surface area contributed by atoms with Crippen LogP contribution in [-0.2, 0) is 11.3 Å². The minimum absolute atomic E-state index is 0.210. The van der Waals surface area contributed by atoms with Crippen molar-refractivity contribution in [3.63, 3.8) is 0 Å². The number of nitrogens with one attached hydrogen (secondary N) is 1. The molecule has 2 aromatic carbocycles. The Morgan fingerprint density at radius 3 is 2.08 bits per heavy atom. The van der Waals surface area contributed by atoms with Gasteiger partial charge >= 0.3 is 0 Å². The lowest BCUT2D eigenvalue weighted by Gasteiger charge is -2.35. The van der Waals surface area contributed by atoms with Crippen molar-refractivity contribution in [3.05, 3.63) is 95.9 Å². The molecule has 2 atom stereocenters. The third-order valence-corrected chi connectivity index (χ3v) is 5.15. The van der Waals surface area contributed by atoms with Crippen LogP contribution in [0.4, 0.5) is 0 Å². The van der Waals surface area contributed by atoms with Gasteiger partial charge in [-0.05, 0) is 36.1 Å². The molecule has 2 heterocycles. The number of furan rings is 1. The Morgan fingerprint density at radius 1 is 0.846 bits per heavy atom. The highest BCUT2D eigenvalue weighted by molar-refractivity contribution is 5.34. The van der Waals surface area contributed by atoms with Crippen molar-refractivity contribution in [3.8, 4) is 0 Å². The van der Waals surface area contributed by atoms with Gasteiger partial charge in [-0.25, -0.2) is 0 Å². The lowest BCUT2D eigenvalue weighted by Crippen LogP contribution is -2.41. The lowest BCUT2D eigenvalue weighted by molar-refractivity contribution is -0.0119. The van der Waals surface area contributed by atoms with Crippen LogP contribution in [0.15, 0.2) is 83.5 Å². The Labute approximate surface area is 155 Å². The predicted molar refractivity (Wildman–Crippen MR) is 103 cm³/mol. The number of hydrogen-bond acceptors (Lipinski definition) is 3. The Kier molecular flexibility index (Phi) is 5.48. The largest absolute Gasteiger partial charge is 0.468 e. The molecule has 1 saturated heterocycles. The van der Waals surface area contributed by atoms with Crippen molar-refractivity contribution in [2.75, 3.05) is 6.61 Å². The second-order valence-electron chi connectivity index (χ2n) is 6.91. The number of rotatable bonds is 6. The van der Waals surface area contributed by atoms with E-state index in [9.17, 15) is 0 Å². The number of benzene rings is 2. The van der Waals surface area contributed by atoms with E-state index in [1.807, 2.05) is 12.1 Å². The zero-order chi connectivity index (χ0) is 17.6. The van der Waals surface area contributed by atoms with E-state index in [-0.39, 0.29) is 12.0 Å². The molecule has 1 aliphatic heterocycles.